The number of benzene rings is 1. The number of fused-ring (bicyclic) bond motifs is 5. The number of nitrogens with one attached hydrogen (secondary N) is 2. The molecule has 2 fully saturated rings. The number of hydrogen-bond donors (Lipinski definition) is 2. The minimum atomic E-state index is -4.68. The summed E-state index contributed by atoms with van der Waals surface area (Å²) >= 11 is 0. The van der Waals surface area contributed by atoms with Gasteiger partial charge in [-0.2, -0.15) is 13.2 Å². The highest BCUT2D eigenvalue weighted by molar-refractivity contribution is 6.06. The molecule has 1 aromatic rings. The Balaban J connectivity index is 1.32. The zero-order valence-electron chi connectivity index (χ0n) is 16.7. The predicted octanol–water partition coefficient (Wildman–Crippen LogP) is 2.32. The van der Waals surface area contributed by atoms with Gasteiger partial charge in [0.25, 0.3) is 0 Å². The Morgan fingerprint density at radius 2 is 1.77 bits per heavy atom. The minimum absolute atomic E-state index is 0.127. The molecule has 0 radical (unpaired) electrons. The summed E-state index contributed by atoms with van der Waals surface area (Å²) in [6, 6.07) is 2.49. The molecular weight excluding hydrogens is 416 g/mol. The molecule has 2 N–H and O–H groups in total. The van der Waals surface area contributed by atoms with E-state index in [-0.39, 0.29) is 66.6 Å². The van der Waals surface area contributed by atoms with Crippen molar-refractivity contribution in [1.82, 2.24) is 15.5 Å². The van der Waals surface area contributed by atoms with Gasteiger partial charge in [-0.15, -0.1) is 0 Å². The molecule has 6 nitrogen and oxygen atoms in total. The van der Waals surface area contributed by atoms with Gasteiger partial charge in [-0.3, -0.25) is 19.5 Å². The van der Waals surface area contributed by atoms with Gasteiger partial charge in [0.15, 0.2) is 5.96 Å². The van der Waals surface area contributed by atoms with E-state index in [4.69, 9.17) is 0 Å². The second-order valence-corrected chi connectivity index (χ2v) is 7.98. The fourth-order valence-electron chi connectivity index (χ4n) is 4.84. The second-order valence-electron chi connectivity index (χ2n) is 7.98. The van der Waals surface area contributed by atoms with Crippen molar-refractivity contribution in [2.75, 3.05) is 20.1 Å². The zero-order chi connectivity index (χ0) is 22.3. The zero-order valence-corrected chi connectivity index (χ0v) is 16.7. The van der Waals surface area contributed by atoms with E-state index in [0.29, 0.717) is 6.07 Å². The van der Waals surface area contributed by atoms with Gasteiger partial charge in [-0.1, -0.05) is 18.2 Å². The van der Waals surface area contributed by atoms with Crippen LogP contribution in [0.1, 0.15) is 17.5 Å². The molecule has 10 heteroatoms. The largest absolute Gasteiger partial charge is 0.416 e. The number of allylic oxidation sites excluding steroid dienone is 2. The fraction of sp³-hybridized carbons (Fsp3) is 0.476. The lowest BCUT2D eigenvalue weighted by Crippen LogP contribution is -2.43. The van der Waals surface area contributed by atoms with E-state index in [1.54, 1.807) is 0 Å². The van der Waals surface area contributed by atoms with Crippen LogP contribution >= 0.6 is 0 Å². The summed E-state index contributed by atoms with van der Waals surface area (Å²) in [4.78, 5) is 30.5. The lowest BCUT2D eigenvalue weighted by atomic mass is 9.85. The van der Waals surface area contributed by atoms with Crippen molar-refractivity contribution in [3.8, 4) is 0 Å². The summed E-state index contributed by atoms with van der Waals surface area (Å²) < 4.78 is 52.6. The monoisotopic (exact) mass is 438 g/mol. The summed E-state index contributed by atoms with van der Waals surface area (Å²) in [5, 5.41) is 5.65. The van der Waals surface area contributed by atoms with Gasteiger partial charge in [-0.05, 0) is 36.0 Å². The maximum absolute atomic E-state index is 13.2. The highest BCUT2D eigenvalue weighted by atomic mass is 19.4. The Bertz CT molecular complexity index is 929. The van der Waals surface area contributed by atoms with Crippen molar-refractivity contribution in [1.29, 1.82) is 0 Å². The van der Waals surface area contributed by atoms with Crippen molar-refractivity contribution >= 4 is 17.8 Å². The quantitative estimate of drug-likeness (QED) is 0.243. The van der Waals surface area contributed by atoms with Gasteiger partial charge < -0.3 is 10.6 Å². The number of alkyl halides is 3. The molecule has 31 heavy (non-hydrogen) atoms. The van der Waals surface area contributed by atoms with Crippen LogP contribution in [-0.4, -0.2) is 42.8 Å². The number of guanidine groups is 1. The summed E-state index contributed by atoms with van der Waals surface area (Å²) in [6.07, 6.45) is 0.224. The molecule has 1 saturated carbocycles. The lowest BCUT2D eigenvalue weighted by molar-refractivity contribution is -0.141. The van der Waals surface area contributed by atoms with E-state index in [9.17, 15) is 27.2 Å². The van der Waals surface area contributed by atoms with Crippen LogP contribution in [0.4, 0.5) is 17.6 Å². The van der Waals surface area contributed by atoms with Crippen molar-refractivity contribution < 1.29 is 27.2 Å². The summed E-state index contributed by atoms with van der Waals surface area (Å²) in [7, 11) is 1.45. The Hall–Kier alpha value is -2.91. The number of aliphatic imine (C=N–C) groups is 1. The second kappa shape index (κ2) is 7.97. The molecule has 0 aromatic heterocycles. The van der Waals surface area contributed by atoms with Crippen molar-refractivity contribution in [2.45, 2.75) is 19.1 Å². The van der Waals surface area contributed by atoms with E-state index < -0.39 is 17.6 Å². The number of hydrogen-bond acceptors (Lipinski definition) is 3. The van der Waals surface area contributed by atoms with Gasteiger partial charge >= 0.3 is 6.18 Å². The molecule has 1 aromatic carbocycles. The number of likely N-dealkylation sites (tertiary alicyclic amines) is 1. The summed E-state index contributed by atoms with van der Waals surface area (Å²) in [5.41, 5.74) is -1.18. The van der Waals surface area contributed by atoms with Gasteiger partial charge in [0, 0.05) is 26.7 Å². The molecule has 166 valence electrons. The van der Waals surface area contributed by atoms with E-state index in [1.165, 1.54) is 11.9 Å². The molecular formula is C21H22F4N4O2. The van der Waals surface area contributed by atoms with Crippen LogP contribution in [0, 0.1) is 29.5 Å². The molecule has 3 aliphatic rings. The van der Waals surface area contributed by atoms with Crippen LogP contribution in [0.5, 0.6) is 0 Å². The van der Waals surface area contributed by atoms with Crippen molar-refractivity contribution in [3.05, 3.63) is 47.3 Å². The van der Waals surface area contributed by atoms with E-state index in [1.807, 2.05) is 12.2 Å². The van der Waals surface area contributed by atoms with E-state index in [2.05, 4.69) is 15.6 Å². The smallest absolute Gasteiger partial charge is 0.355 e. The first-order valence-corrected chi connectivity index (χ1v) is 10.0. The number of imide groups is 1. The third-order valence-electron chi connectivity index (χ3n) is 6.24. The van der Waals surface area contributed by atoms with Gasteiger partial charge in [0.1, 0.15) is 5.82 Å². The normalized spacial score (nSPS) is 27.3. The molecule has 1 aliphatic heterocycles. The number of halogens is 4. The highest BCUT2D eigenvalue weighted by Crippen LogP contribution is 2.52. The van der Waals surface area contributed by atoms with Crippen molar-refractivity contribution in [2.24, 2.45) is 28.7 Å². The summed E-state index contributed by atoms with van der Waals surface area (Å²) in [5.74, 6) is -1.32. The van der Waals surface area contributed by atoms with Crippen LogP contribution in [0.3, 0.4) is 0 Å². The Morgan fingerprint density at radius 3 is 2.35 bits per heavy atom. The number of nitrogens with zero attached hydrogens (tertiary/aromatic N) is 2. The molecule has 4 atom stereocenters. The maximum Gasteiger partial charge on any atom is 0.416 e. The molecule has 2 aliphatic carbocycles. The third-order valence-corrected chi connectivity index (χ3v) is 6.24. The van der Waals surface area contributed by atoms with Crippen LogP contribution < -0.4 is 10.6 Å². The molecule has 1 heterocycles. The summed E-state index contributed by atoms with van der Waals surface area (Å²) in [6.45, 7) is 0.125. The first-order chi connectivity index (χ1) is 14.7. The third kappa shape index (κ3) is 3.90. The first kappa shape index (κ1) is 21.3. The van der Waals surface area contributed by atoms with Crippen LogP contribution in [0.25, 0.3) is 0 Å². The SMILES string of the molecule is CN=C(NCCN1C(=O)C2C3C=CC(C3)C2C1=O)NCc1ccc(F)cc1C(F)(F)F. The Kier molecular flexibility index (Phi) is 5.49. The topological polar surface area (TPSA) is 73.8 Å². The fourth-order valence-corrected chi connectivity index (χ4v) is 4.84. The highest BCUT2D eigenvalue weighted by Gasteiger charge is 2.58. The molecule has 2 amide bonds. The van der Waals surface area contributed by atoms with E-state index >= 15 is 0 Å². The molecule has 0 spiro atoms. The number of rotatable bonds is 5. The first-order valence-electron chi connectivity index (χ1n) is 10.0. The Labute approximate surface area is 176 Å². The predicted molar refractivity (Wildman–Crippen MR) is 104 cm³/mol. The van der Waals surface area contributed by atoms with Gasteiger partial charge in [-0.25, -0.2) is 4.39 Å². The Morgan fingerprint density at radius 1 is 1.13 bits per heavy atom. The molecule has 4 rings (SSSR count). The van der Waals surface area contributed by atoms with Gasteiger partial charge in [0.2, 0.25) is 11.8 Å². The van der Waals surface area contributed by atoms with Crippen LogP contribution in [0.15, 0.2) is 35.3 Å². The number of amides is 2. The standard InChI is InChI=1S/C21H22F4N4O2/c1-26-20(28-10-13-4-5-14(22)9-15(13)21(23,24)25)27-6-7-29-18(30)16-11-2-3-12(8-11)17(16)19(29)31/h2-5,9,11-12,16-17H,6-8,10H2,1H3,(H2,26,27,28). The number of carbonyl (C=O) groups is 2. The molecule has 4 unspecified atom stereocenters. The lowest BCUT2D eigenvalue weighted by Gasteiger charge is -2.19. The average molecular weight is 438 g/mol. The van der Waals surface area contributed by atoms with Crippen LogP contribution in [0.2, 0.25) is 0 Å². The molecule has 1 saturated heterocycles. The van der Waals surface area contributed by atoms with Gasteiger partial charge in [0.05, 0.1) is 17.4 Å². The maximum atomic E-state index is 13.2. The number of carbonyl (C=O) groups excluding carboxylic acids is 2. The minimum Gasteiger partial charge on any atom is -0.355 e. The van der Waals surface area contributed by atoms with E-state index in [0.717, 1.165) is 18.6 Å². The average Bonchev–Trinajstić information content (AvgIpc) is 3.40. The van der Waals surface area contributed by atoms with Crippen LogP contribution in [-0.2, 0) is 22.3 Å². The molecule has 2 bridgehead atoms. The van der Waals surface area contributed by atoms with Crippen molar-refractivity contribution in [3.63, 3.8) is 0 Å².